The molecule has 0 radical (unpaired) electrons. The van der Waals surface area contributed by atoms with Crippen LogP contribution in [-0.4, -0.2) is 46.0 Å². The maximum atomic E-state index is 14.0. The predicted octanol–water partition coefficient (Wildman–Crippen LogP) is 5.56. The van der Waals surface area contributed by atoms with Gasteiger partial charge in [0.2, 0.25) is 5.91 Å². The molecular formula is C31H38F3N3O4. The first-order valence-corrected chi connectivity index (χ1v) is 14.2. The average molecular weight is 574 g/mol. The second kappa shape index (κ2) is 12.2. The van der Waals surface area contributed by atoms with Crippen LogP contribution < -0.4 is 10.6 Å². The minimum absolute atomic E-state index is 0.0316. The molecule has 2 aromatic rings. The van der Waals surface area contributed by atoms with E-state index in [0.717, 1.165) is 43.4 Å². The number of amides is 2. The van der Waals surface area contributed by atoms with E-state index in [-0.39, 0.29) is 30.8 Å². The summed E-state index contributed by atoms with van der Waals surface area (Å²) in [5, 5.41) is 14.8. The van der Waals surface area contributed by atoms with Crippen LogP contribution in [0.3, 0.4) is 0 Å². The lowest BCUT2D eigenvalue weighted by Gasteiger charge is -2.46. The average Bonchev–Trinajstić information content (AvgIpc) is 3.19. The Kier molecular flexibility index (Phi) is 9.11. The Morgan fingerprint density at radius 3 is 2.34 bits per heavy atom. The smallest absolute Gasteiger partial charge is 0.416 e. The zero-order valence-electron chi connectivity index (χ0n) is 23.6. The van der Waals surface area contributed by atoms with E-state index in [1.807, 2.05) is 24.0 Å². The van der Waals surface area contributed by atoms with E-state index < -0.39 is 29.4 Å². The van der Waals surface area contributed by atoms with E-state index in [4.69, 9.17) is 5.11 Å². The SMILES string of the molecule is CC(C)C1CCC2(CC1)NC(c1cccc(C(F)(F)F)c1)C(=O)N2C(C)Cc1ccc(C(=O)NCCC(=O)O)cc1. The normalized spacial score (nSPS) is 23.7. The van der Waals surface area contributed by atoms with E-state index in [2.05, 4.69) is 24.5 Å². The third kappa shape index (κ3) is 6.92. The summed E-state index contributed by atoms with van der Waals surface area (Å²) < 4.78 is 40.4. The molecule has 10 heteroatoms. The number of aliphatic carboxylic acids is 1. The van der Waals surface area contributed by atoms with Crippen molar-refractivity contribution in [1.82, 2.24) is 15.5 Å². The molecule has 222 valence electrons. The molecule has 3 N–H and O–H groups in total. The number of alkyl halides is 3. The zero-order chi connectivity index (χ0) is 29.9. The van der Waals surface area contributed by atoms with Crippen molar-refractivity contribution < 1.29 is 32.7 Å². The second-order valence-corrected chi connectivity index (χ2v) is 11.7. The zero-order valence-corrected chi connectivity index (χ0v) is 23.6. The topological polar surface area (TPSA) is 98.7 Å². The quantitative estimate of drug-likeness (QED) is 0.365. The molecule has 2 aliphatic rings. The number of nitrogens with one attached hydrogen (secondary N) is 2. The molecule has 2 aromatic carbocycles. The van der Waals surface area contributed by atoms with Crippen molar-refractivity contribution in [2.75, 3.05) is 6.54 Å². The van der Waals surface area contributed by atoms with Gasteiger partial charge in [-0.2, -0.15) is 13.2 Å². The maximum Gasteiger partial charge on any atom is 0.416 e. The largest absolute Gasteiger partial charge is 0.481 e. The van der Waals surface area contributed by atoms with Crippen molar-refractivity contribution in [3.05, 3.63) is 70.8 Å². The lowest BCUT2D eigenvalue weighted by molar-refractivity contribution is -0.138. The molecule has 41 heavy (non-hydrogen) atoms. The fraction of sp³-hybridized carbons (Fsp3) is 0.516. The Morgan fingerprint density at radius 1 is 1.10 bits per heavy atom. The van der Waals surface area contributed by atoms with Gasteiger partial charge < -0.3 is 15.3 Å². The molecule has 1 aliphatic carbocycles. The predicted molar refractivity (Wildman–Crippen MR) is 148 cm³/mol. The van der Waals surface area contributed by atoms with E-state index >= 15 is 0 Å². The van der Waals surface area contributed by atoms with Crippen LogP contribution in [0.15, 0.2) is 48.5 Å². The summed E-state index contributed by atoms with van der Waals surface area (Å²) in [6, 6.07) is 10.8. The molecule has 0 bridgehead atoms. The van der Waals surface area contributed by atoms with Crippen LogP contribution >= 0.6 is 0 Å². The Labute approximate surface area is 238 Å². The number of carbonyl (C=O) groups excluding carboxylic acids is 2. The van der Waals surface area contributed by atoms with Crippen LogP contribution in [0, 0.1) is 11.8 Å². The van der Waals surface area contributed by atoms with Crippen molar-refractivity contribution in [2.45, 2.75) is 83.2 Å². The van der Waals surface area contributed by atoms with Crippen molar-refractivity contribution in [3.63, 3.8) is 0 Å². The van der Waals surface area contributed by atoms with E-state index in [1.165, 1.54) is 6.07 Å². The highest BCUT2D eigenvalue weighted by Crippen LogP contribution is 2.45. The Balaban J connectivity index is 1.55. The number of carboxylic acid groups (broad SMARTS) is 1. The van der Waals surface area contributed by atoms with Crippen LogP contribution in [0.5, 0.6) is 0 Å². The van der Waals surface area contributed by atoms with Gasteiger partial charge in [0.15, 0.2) is 0 Å². The first kappa shape index (κ1) is 30.6. The number of nitrogens with zero attached hydrogens (tertiary/aromatic N) is 1. The van der Waals surface area contributed by atoms with Gasteiger partial charge in [0.1, 0.15) is 6.04 Å². The summed E-state index contributed by atoms with van der Waals surface area (Å²) in [5.74, 6) is -0.555. The fourth-order valence-electron chi connectivity index (χ4n) is 6.29. The number of hydrogen-bond donors (Lipinski definition) is 3. The number of benzene rings is 2. The van der Waals surface area contributed by atoms with Crippen LogP contribution in [0.1, 0.15) is 86.0 Å². The summed E-state index contributed by atoms with van der Waals surface area (Å²) in [7, 11) is 0. The van der Waals surface area contributed by atoms with Gasteiger partial charge in [-0.05, 0) is 86.3 Å². The number of hydrogen-bond acceptors (Lipinski definition) is 4. The highest BCUT2D eigenvalue weighted by Gasteiger charge is 2.53. The summed E-state index contributed by atoms with van der Waals surface area (Å²) in [4.78, 5) is 38.8. The molecule has 2 fully saturated rings. The molecule has 4 rings (SSSR count). The van der Waals surface area contributed by atoms with Gasteiger partial charge in [-0.1, -0.05) is 38.1 Å². The molecule has 1 saturated heterocycles. The highest BCUT2D eigenvalue weighted by molar-refractivity contribution is 5.94. The van der Waals surface area contributed by atoms with Crippen molar-refractivity contribution in [1.29, 1.82) is 0 Å². The molecular weight excluding hydrogens is 535 g/mol. The van der Waals surface area contributed by atoms with Gasteiger partial charge >= 0.3 is 12.1 Å². The van der Waals surface area contributed by atoms with Crippen LogP contribution in [0.2, 0.25) is 0 Å². The van der Waals surface area contributed by atoms with Crippen molar-refractivity contribution >= 4 is 17.8 Å². The van der Waals surface area contributed by atoms with Crippen LogP contribution in [0.4, 0.5) is 13.2 Å². The monoisotopic (exact) mass is 573 g/mol. The molecule has 1 aliphatic heterocycles. The summed E-state index contributed by atoms with van der Waals surface area (Å²) >= 11 is 0. The third-order valence-electron chi connectivity index (χ3n) is 8.52. The molecule has 0 aromatic heterocycles. The van der Waals surface area contributed by atoms with Gasteiger partial charge in [-0.25, -0.2) is 0 Å². The lowest BCUT2D eigenvalue weighted by Crippen LogP contribution is -2.58. The van der Waals surface area contributed by atoms with Crippen molar-refractivity contribution in [2.24, 2.45) is 11.8 Å². The van der Waals surface area contributed by atoms with E-state index in [1.54, 1.807) is 18.2 Å². The molecule has 2 amide bonds. The number of carbonyl (C=O) groups is 3. The van der Waals surface area contributed by atoms with Gasteiger partial charge in [-0.3, -0.25) is 19.7 Å². The standard InChI is InChI=1S/C31H38F3N3O4/c1-19(2)22-11-14-30(15-12-22)36-27(24-5-4-6-25(18-24)31(32,33)34)29(41)37(30)20(3)17-21-7-9-23(10-8-21)28(40)35-16-13-26(38)39/h4-10,18-20,22,27,36H,11-17H2,1-3H3,(H,35,40)(H,38,39). The molecule has 2 unspecified atom stereocenters. The second-order valence-electron chi connectivity index (χ2n) is 11.7. The Morgan fingerprint density at radius 2 is 1.76 bits per heavy atom. The maximum absolute atomic E-state index is 14.0. The number of carboxylic acids is 1. The minimum atomic E-state index is -4.50. The fourth-order valence-corrected chi connectivity index (χ4v) is 6.29. The first-order chi connectivity index (χ1) is 19.3. The van der Waals surface area contributed by atoms with Crippen molar-refractivity contribution in [3.8, 4) is 0 Å². The summed E-state index contributed by atoms with van der Waals surface area (Å²) in [6.07, 6.45) is -0.894. The van der Waals surface area contributed by atoms with Gasteiger partial charge in [0.05, 0.1) is 17.6 Å². The van der Waals surface area contributed by atoms with E-state index in [0.29, 0.717) is 29.4 Å². The van der Waals surface area contributed by atoms with Crippen LogP contribution in [0.25, 0.3) is 0 Å². The third-order valence-corrected chi connectivity index (χ3v) is 8.52. The molecule has 1 heterocycles. The summed E-state index contributed by atoms with van der Waals surface area (Å²) in [6.45, 7) is 6.37. The number of rotatable bonds is 9. The Hall–Kier alpha value is -3.40. The summed E-state index contributed by atoms with van der Waals surface area (Å²) in [5.41, 5.74) is 0.189. The van der Waals surface area contributed by atoms with E-state index in [9.17, 15) is 27.6 Å². The first-order valence-electron chi connectivity index (χ1n) is 14.2. The van der Waals surface area contributed by atoms with Gasteiger partial charge in [0.25, 0.3) is 5.91 Å². The molecule has 1 spiro atoms. The molecule has 7 nitrogen and oxygen atoms in total. The Bertz CT molecular complexity index is 1250. The highest BCUT2D eigenvalue weighted by atomic mass is 19.4. The van der Waals surface area contributed by atoms with Crippen LogP contribution in [-0.2, 0) is 22.2 Å². The van der Waals surface area contributed by atoms with Gasteiger partial charge in [-0.15, -0.1) is 0 Å². The molecule has 1 saturated carbocycles. The molecule has 2 atom stereocenters. The van der Waals surface area contributed by atoms with Gasteiger partial charge in [0, 0.05) is 18.2 Å². The minimum Gasteiger partial charge on any atom is -0.481 e. The lowest BCUT2D eigenvalue weighted by atomic mass is 9.76. The number of halogens is 3.